The van der Waals surface area contributed by atoms with E-state index in [1.165, 1.54) is 0 Å². The molecule has 1 aliphatic heterocycles. The number of carbonyl (C=O) groups excluding carboxylic acids is 1. The van der Waals surface area contributed by atoms with Gasteiger partial charge in [-0.3, -0.25) is 4.79 Å². The Hall–Kier alpha value is -1.06. The summed E-state index contributed by atoms with van der Waals surface area (Å²) in [6, 6.07) is 5.51. The lowest BCUT2D eigenvalue weighted by molar-refractivity contribution is 0.0608. The van der Waals surface area contributed by atoms with E-state index >= 15 is 0 Å². The molecule has 1 aromatic carbocycles. The fourth-order valence-corrected chi connectivity index (χ4v) is 2.01. The molecule has 0 aliphatic carbocycles. The molecule has 15 heavy (non-hydrogen) atoms. The van der Waals surface area contributed by atoms with Crippen LogP contribution in [0.3, 0.4) is 0 Å². The highest BCUT2D eigenvalue weighted by molar-refractivity contribution is 6.31. The lowest BCUT2D eigenvalue weighted by Gasteiger charge is -2.36. The number of nitrogens with zero attached hydrogens (tertiary/aromatic N) is 1. The van der Waals surface area contributed by atoms with Crippen molar-refractivity contribution in [1.82, 2.24) is 4.90 Å². The molecule has 2 N–H and O–H groups in total. The molecule has 0 unspecified atom stereocenters. The van der Waals surface area contributed by atoms with Crippen molar-refractivity contribution in [1.29, 1.82) is 0 Å². The summed E-state index contributed by atoms with van der Waals surface area (Å²) >= 11 is 5.89. The van der Waals surface area contributed by atoms with Crippen molar-refractivity contribution in [2.45, 2.75) is 13.0 Å². The predicted octanol–water partition coefficient (Wildman–Crippen LogP) is 1.43. The largest absolute Gasteiger partial charge is 0.335 e. The second kappa shape index (κ2) is 3.83. The third-order valence-electron chi connectivity index (χ3n) is 2.49. The SMILES string of the molecule is Cc1cc(Cl)cc(C(=O)N2CC(N)C2)c1. The van der Waals surface area contributed by atoms with Crippen LogP contribution in [0.1, 0.15) is 15.9 Å². The van der Waals surface area contributed by atoms with Crippen LogP contribution in [0, 0.1) is 6.92 Å². The summed E-state index contributed by atoms with van der Waals surface area (Å²) in [4.78, 5) is 13.6. The van der Waals surface area contributed by atoms with E-state index in [1.54, 1.807) is 11.0 Å². The van der Waals surface area contributed by atoms with Crippen LogP contribution in [0.5, 0.6) is 0 Å². The summed E-state index contributed by atoms with van der Waals surface area (Å²) in [5.41, 5.74) is 7.27. The quantitative estimate of drug-likeness (QED) is 0.785. The Morgan fingerprint density at radius 2 is 2.13 bits per heavy atom. The van der Waals surface area contributed by atoms with Crippen molar-refractivity contribution in [3.8, 4) is 0 Å². The molecule has 0 radical (unpaired) electrons. The van der Waals surface area contributed by atoms with Crippen molar-refractivity contribution in [3.63, 3.8) is 0 Å². The molecule has 80 valence electrons. The summed E-state index contributed by atoms with van der Waals surface area (Å²) in [5.74, 6) is 0.0160. The maximum atomic E-state index is 11.9. The second-order valence-electron chi connectivity index (χ2n) is 3.99. The lowest BCUT2D eigenvalue weighted by atomic mass is 10.1. The van der Waals surface area contributed by atoms with Gasteiger partial charge >= 0.3 is 0 Å². The maximum absolute atomic E-state index is 11.9. The number of hydrogen-bond acceptors (Lipinski definition) is 2. The average molecular weight is 225 g/mol. The predicted molar refractivity (Wildman–Crippen MR) is 60.1 cm³/mol. The summed E-state index contributed by atoms with van der Waals surface area (Å²) in [7, 11) is 0. The Kier molecular flexibility index (Phi) is 2.67. The van der Waals surface area contributed by atoms with E-state index < -0.39 is 0 Å². The van der Waals surface area contributed by atoms with E-state index in [1.807, 2.05) is 19.1 Å². The number of benzene rings is 1. The summed E-state index contributed by atoms with van der Waals surface area (Å²) in [6.07, 6.45) is 0. The number of carbonyl (C=O) groups is 1. The monoisotopic (exact) mass is 224 g/mol. The van der Waals surface area contributed by atoms with Crippen LogP contribution in [-0.4, -0.2) is 29.9 Å². The average Bonchev–Trinajstić information content (AvgIpc) is 2.10. The highest BCUT2D eigenvalue weighted by Gasteiger charge is 2.28. The zero-order valence-electron chi connectivity index (χ0n) is 8.53. The van der Waals surface area contributed by atoms with Crippen LogP contribution in [0.2, 0.25) is 5.02 Å². The van der Waals surface area contributed by atoms with Crippen molar-refractivity contribution in [2.75, 3.05) is 13.1 Å². The molecule has 4 heteroatoms. The summed E-state index contributed by atoms with van der Waals surface area (Å²) < 4.78 is 0. The number of likely N-dealkylation sites (tertiary alicyclic amines) is 1. The Labute approximate surface area is 93.8 Å². The topological polar surface area (TPSA) is 46.3 Å². The van der Waals surface area contributed by atoms with E-state index in [4.69, 9.17) is 17.3 Å². The van der Waals surface area contributed by atoms with E-state index in [9.17, 15) is 4.79 Å². The minimum absolute atomic E-state index is 0.0160. The van der Waals surface area contributed by atoms with Crippen LogP contribution < -0.4 is 5.73 Å². The number of hydrogen-bond donors (Lipinski definition) is 1. The third-order valence-corrected chi connectivity index (χ3v) is 2.70. The molecule has 3 nitrogen and oxygen atoms in total. The maximum Gasteiger partial charge on any atom is 0.254 e. The molecule has 1 aromatic rings. The molecular formula is C11H13ClN2O. The van der Waals surface area contributed by atoms with Gasteiger partial charge in [0.15, 0.2) is 0 Å². The third kappa shape index (κ3) is 2.13. The fraction of sp³-hybridized carbons (Fsp3) is 0.364. The smallest absolute Gasteiger partial charge is 0.254 e. The molecule has 0 atom stereocenters. The normalized spacial score (nSPS) is 16.3. The van der Waals surface area contributed by atoms with E-state index in [0.29, 0.717) is 23.7 Å². The molecule has 0 saturated carbocycles. The van der Waals surface area contributed by atoms with E-state index in [2.05, 4.69) is 0 Å². The van der Waals surface area contributed by atoms with Crippen molar-refractivity contribution in [2.24, 2.45) is 5.73 Å². The Bertz CT molecular complexity index is 379. The molecule has 1 amide bonds. The molecule has 1 aliphatic rings. The van der Waals surface area contributed by atoms with Gasteiger partial charge in [-0.25, -0.2) is 0 Å². The van der Waals surface area contributed by atoms with Gasteiger partial charge in [-0.1, -0.05) is 11.6 Å². The van der Waals surface area contributed by atoms with Crippen LogP contribution in [-0.2, 0) is 0 Å². The minimum atomic E-state index is 0.0160. The first-order valence-electron chi connectivity index (χ1n) is 4.88. The standard InChI is InChI=1S/C11H13ClN2O/c1-7-2-8(4-9(12)3-7)11(15)14-5-10(13)6-14/h2-4,10H,5-6,13H2,1H3. The highest BCUT2D eigenvalue weighted by Crippen LogP contribution is 2.18. The van der Waals surface area contributed by atoms with E-state index in [0.717, 1.165) is 5.56 Å². The second-order valence-corrected chi connectivity index (χ2v) is 4.42. The number of nitrogens with two attached hydrogens (primary N) is 1. The highest BCUT2D eigenvalue weighted by atomic mass is 35.5. The van der Waals surface area contributed by atoms with Gasteiger partial charge in [-0.2, -0.15) is 0 Å². The van der Waals surface area contributed by atoms with Crippen molar-refractivity contribution < 1.29 is 4.79 Å². The van der Waals surface area contributed by atoms with Crippen molar-refractivity contribution >= 4 is 17.5 Å². The molecule has 1 saturated heterocycles. The van der Waals surface area contributed by atoms with Gasteiger partial charge in [0, 0.05) is 29.7 Å². The fourth-order valence-electron chi connectivity index (χ4n) is 1.72. The number of amides is 1. The first kappa shape index (κ1) is 10.5. The molecule has 0 spiro atoms. The molecular weight excluding hydrogens is 212 g/mol. The van der Waals surface area contributed by atoms with Gasteiger partial charge in [-0.15, -0.1) is 0 Å². The van der Waals surface area contributed by atoms with Crippen molar-refractivity contribution in [3.05, 3.63) is 34.3 Å². The Morgan fingerprint density at radius 3 is 2.67 bits per heavy atom. The van der Waals surface area contributed by atoms with Gasteiger partial charge in [0.05, 0.1) is 0 Å². The molecule has 0 aromatic heterocycles. The number of aryl methyl sites for hydroxylation is 1. The summed E-state index contributed by atoms with van der Waals surface area (Å²) in [5, 5.41) is 0.600. The summed E-state index contributed by atoms with van der Waals surface area (Å²) in [6.45, 7) is 3.21. The first-order chi connectivity index (χ1) is 7.06. The van der Waals surface area contributed by atoms with Crippen LogP contribution in [0.15, 0.2) is 18.2 Å². The first-order valence-corrected chi connectivity index (χ1v) is 5.26. The van der Waals surface area contributed by atoms with Gasteiger partial charge in [0.2, 0.25) is 0 Å². The molecule has 1 heterocycles. The van der Waals surface area contributed by atoms with Crippen LogP contribution in [0.4, 0.5) is 0 Å². The number of halogens is 1. The Morgan fingerprint density at radius 1 is 1.47 bits per heavy atom. The molecule has 2 rings (SSSR count). The number of rotatable bonds is 1. The zero-order chi connectivity index (χ0) is 11.0. The van der Waals surface area contributed by atoms with Gasteiger partial charge in [-0.05, 0) is 30.7 Å². The van der Waals surface area contributed by atoms with Gasteiger partial charge in [0.1, 0.15) is 0 Å². The van der Waals surface area contributed by atoms with Crippen LogP contribution >= 0.6 is 11.6 Å². The van der Waals surface area contributed by atoms with Crippen LogP contribution in [0.25, 0.3) is 0 Å². The van der Waals surface area contributed by atoms with Gasteiger partial charge in [0.25, 0.3) is 5.91 Å². The molecule has 1 fully saturated rings. The molecule has 0 bridgehead atoms. The Balaban J connectivity index is 2.18. The minimum Gasteiger partial charge on any atom is -0.335 e. The lowest BCUT2D eigenvalue weighted by Crippen LogP contribution is -2.57. The van der Waals surface area contributed by atoms with E-state index in [-0.39, 0.29) is 11.9 Å². The van der Waals surface area contributed by atoms with Gasteiger partial charge < -0.3 is 10.6 Å². The zero-order valence-corrected chi connectivity index (χ0v) is 9.29.